The van der Waals surface area contributed by atoms with Crippen molar-refractivity contribution in [1.29, 1.82) is 0 Å². The van der Waals surface area contributed by atoms with Crippen molar-refractivity contribution in [3.63, 3.8) is 0 Å². The minimum absolute atomic E-state index is 0.0783. The Balaban J connectivity index is 1.83. The topological polar surface area (TPSA) is 123 Å². The lowest BCUT2D eigenvalue weighted by Gasteiger charge is -2.21. The minimum atomic E-state index is -3.38. The molecule has 0 fully saturated rings. The molecule has 2 aromatic carbocycles. The maximum Gasteiger partial charge on any atom is 0.272 e. The van der Waals surface area contributed by atoms with E-state index in [0.717, 1.165) is 6.26 Å². The Bertz CT molecular complexity index is 1700. The molecule has 0 spiro atoms. The Hall–Kier alpha value is -4.33. The average Bonchev–Trinajstić information content (AvgIpc) is 2.86. The van der Waals surface area contributed by atoms with Gasteiger partial charge in [0.15, 0.2) is 0 Å². The van der Waals surface area contributed by atoms with E-state index in [-0.39, 0.29) is 17.8 Å². The third-order valence-corrected chi connectivity index (χ3v) is 6.29. The molecule has 1 atom stereocenters. The maximum atomic E-state index is 13.9. The fraction of sp³-hybridized carbons (Fsp3) is 0.185. The molecule has 10 heteroatoms. The molecule has 4 aromatic rings. The molecule has 2 aromatic heterocycles. The molecule has 0 bridgehead atoms. The first-order valence-corrected chi connectivity index (χ1v) is 13.3. The summed E-state index contributed by atoms with van der Waals surface area (Å²) in [6, 6.07) is 15.7. The van der Waals surface area contributed by atoms with Gasteiger partial charge in [0.1, 0.15) is 5.69 Å². The van der Waals surface area contributed by atoms with Gasteiger partial charge < -0.3 is 5.32 Å². The Labute approximate surface area is 214 Å². The average molecular weight is 516 g/mol. The second-order valence-corrected chi connectivity index (χ2v) is 10.2. The lowest BCUT2D eigenvalue weighted by Crippen LogP contribution is -2.33. The predicted molar refractivity (Wildman–Crippen MR) is 142 cm³/mol. The molecule has 0 unspecified atom stereocenters. The van der Waals surface area contributed by atoms with E-state index in [4.69, 9.17) is 0 Å². The van der Waals surface area contributed by atoms with E-state index in [2.05, 4.69) is 31.8 Å². The van der Waals surface area contributed by atoms with Crippen LogP contribution in [-0.4, -0.2) is 41.7 Å². The van der Waals surface area contributed by atoms with Crippen molar-refractivity contribution in [1.82, 2.24) is 24.6 Å². The van der Waals surface area contributed by atoms with E-state index in [1.807, 2.05) is 36.4 Å². The van der Waals surface area contributed by atoms with E-state index in [1.54, 1.807) is 36.6 Å². The molecular weight excluding hydrogens is 490 g/mol. The van der Waals surface area contributed by atoms with Crippen LogP contribution in [0.2, 0.25) is 0 Å². The summed E-state index contributed by atoms with van der Waals surface area (Å²) in [6.07, 6.45) is 4.03. The lowest BCUT2D eigenvalue weighted by molar-refractivity contribution is 0.0932. The van der Waals surface area contributed by atoms with Gasteiger partial charge in [0.25, 0.3) is 11.5 Å². The second kappa shape index (κ2) is 10.7. The summed E-state index contributed by atoms with van der Waals surface area (Å²) in [5.74, 6) is 5.28. The van der Waals surface area contributed by atoms with Crippen LogP contribution in [0.1, 0.15) is 40.4 Å². The number of hydrogen-bond acceptors (Lipinski definition) is 6. The van der Waals surface area contributed by atoms with E-state index < -0.39 is 22.0 Å². The van der Waals surface area contributed by atoms with Gasteiger partial charge in [0, 0.05) is 29.3 Å². The van der Waals surface area contributed by atoms with Crippen LogP contribution in [-0.2, 0) is 10.0 Å². The van der Waals surface area contributed by atoms with Crippen LogP contribution in [0.15, 0.2) is 71.8 Å². The number of sulfonamides is 1. The molecule has 2 heterocycles. The van der Waals surface area contributed by atoms with Crippen LogP contribution in [0.3, 0.4) is 0 Å². The quantitative estimate of drug-likeness (QED) is 0.381. The van der Waals surface area contributed by atoms with Crippen LogP contribution in [0.4, 0.5) is 0 Å². The summed E-state index contributed by atoms with van der Waals surface area (Å²) in [4.78, 5) is 35.1. The molecular formula is C27H25N5O4S. The van der Waals surface area contributed by atoms with Crippen molar-refractivity contribution in [3.05, 3.63) is 100.0 Å². The van der Waals surface area contributed by atoms with Gasteiger partial charge in [-0.1, -0.05) is 42.2 Å². The molecule has 0 aliphatic carbocycles. The number of aryl methyl sites for hydroxylation is 1. The normalized spacial score (nSPS) is 12.0. The molecule has 2 N–H and O–H groups in total. The highest BCUT2D eigenvalue weighted by molar-refractivity contribution is 7.88. The van der Waals surface area contributed by atoms with Crippen LogP contribution in [0.5, 0.6) is 0 Å². The standard InChI is InChI=1S/C27H25N5O4S/c1-18(31-26(33)25-19(2)28-15-16-29-25)23-17-21-10-7-9-20(11-8-14-30-37(3,35)36)24(21)27(34)32(23)22-12-5-4-6-13-22/h4-7,9-10,12-13,15-18,30H,14H2,1-3H3,(H,31,33)/t18-/m0/s1. The summed E-state index contributed by atoms with van der Waals surface area (Å²) in [7, 11) is -3.38. The zero-order chi connectivity index (χ0) is 26.6. The molecule has 0 saturated carbocycles. The minimum Gasteiger partial charge on any atom is -0.343 e. The van der Waals surface area contributed by atoms with Crippen molar-refractivity contribution in [2.24, 2.45) is 0 Å². The molecule has 188 valence electrons. The van der Waals surface area contributed by atoms with Crippen molar-refractivity contribution in [3.8, 4) is 17.5 Å². The number of carbonyl (C=O) groups is 1. The van der Waals surface area contributed by atoms with Crippen molar-refractivity contribution < 1.29 is 13.2 Å². The molecule has 1 amide bonds. The van der Waals surface area contributed by atoms with Crippen molar-refractivity contribution in [2.45, 2.75) is 19.9 Å². The van der Waals surface area contributed by atoms with Gasteiger partial charge in [-0.25, -0.2) is 18.1 Å². The van der Waals surface area contributed by atoms with Crippen molar-refractivity contribution >= 4 is 26.7 Å². The van der Waals surface area contributed by atoms with Gasteiger partial charge in [0.05, 0.1) is 29.9 Å². The second-order valence-electron chi connectivity index (χ2n) is 8.40. The number of carbonyl (C=O) groups excluding carboxylic acids is 1. The summed E-state index contributed by atoms with van der Waals surface area (Å²) in [5.41, 5.74) is 2.08. The molecule has 0 saturated heterocycles. The Morgan fingerprint density at radius 3 is 2.51 bits per heavy atom. The summed E-state index contributed by atoms with van der Waals surface area (Å²) >= 11 is 0. The number of para-hydroxylation sites is 1. The third-order valence-electron chi connectivity index (χ3n) is 5.62. The fourth-order valence-corrected chi connectivity index (χ4v) is 4.26. The van der Waals surface area contributed by atoms with E-state index in [1.165, 1.54) is 12.4 Å². The van der Waals surface area contributed by atoms with Crippen LogP contribution in [0.25, 0.3) is 16.5 Å². The Morgan fingerprint density at radius 1 is 1.08 bits per heavy atom. The monoisotopic (exact) mass is 515 g/mol. The first-order chi connectivity index (χ1) is 17.7. The number of amides is 1. The van der Waals surface area contributed by atoms with Gasteiger partial charge in [-0.2, -0.15) is 0 Å². The first-order valence-electron chi connectivity index (χ1n) is 11.4. The van der Waals surface area contributed by atoms with Gasteiger partial charge >= 0.3 is 0 Å². The first kappa shape index (κ1) is 25.8. The zero-order valence-electron chi connectivity index (χ0n) is 20.5. The fourth-order valence-electron chi connectivity index (χ4n) is 3.92. The number of benzene rings is 2. The highest BCUT2D eigenvalue weighted by atomic mass is 32.2. The van der Waals surface area contributed by atoms with Gasteiger partial charge in [-0.3, -0.25) is 19.1 Å². The molecule has 37 heavy (non-hydrogen) atoms. The SMILES string of the molecule is Cc1nccnc1C(=O)N[C@@H](C)c1cc2cccc(C#CCNS(C)(=O)=O)c2c(=O)n1-c1ccccc1. The van der Waals surface area contributed by atoms with Gasteiger partial charge in [-0.05, 0) is 43.5 Å². The maximum absolute atomic E-state index is 13.9. The molecule has 0 aliphatic heterocycles. The highest BCUT2D eigenvalue weighted by Gasteiger charge is 2.21. The molecule has 0 aliphatic rings. The third kappa shape index (κ3) is 5.91. The van der Waals surface area contributed by atoms with E-state index >= 15 is 0 Å². The number of pyridine rings is 1. The lowest BCUT2D eigenvalue weighted by atomic mass is 10.0. The number of fused-ring (bicyclic) bond motifs is 1. The number of rotatable bonds is 6. The number of nitrogens with zero attached hydrogens (tertiary/aromatic N) is 3. The molecule has 9 nitrogen and oxygen atoms in total. The largest absolute Gasteiger partial charge is 0.343 e. The number of hydrogen-bond donors (Lipinski definition) is 2. The predicted octanol–water partition coefficient (Wildman–Crippen LogP) is 2.48. The highest BCUT2D eigenvalue weighted by Crippen LogP contribution is 2.23. The van der Waals surface area contributed by atoms with Crippen LogP contribution < -0.4 is 15.6 Å². The summed E-state index contributed by atoms with van der Waals surface area (Å²) < 4.78 is 26.5. The molecule has 0 radical (unpaired) electrons. The van der Waals surface area contributed by atoms with E-state index in [9.17, 15) is 18.0 Å². The summed E-state index contributed by atoms with van der Waals surface area (Å²) in [5, 5.41) is 3.97. The van der Waals surface area contributed by atoms with Gasteiger partial charge in [-0.15, -0.1) is 0 Å². The smallest absolute Gasteiger partial charge is 0.272 e. The summed E-state index contributed by atoms with van der Waals surface area (Å²) in [6.45, 7) is 3.42. The van der Waals surface area contributed by atoms with Crippen LogP contribution >= 0.6 is 0 Å². The van der Waals surface area contributed by atoms with Crippen molar-refractivity contribution in [2.75, 3.05) is 12.8 Å². The van der Waals surface area contributed by atoms with E-state index in [0.29, 0.717) is 33.4 Å². The number of aromatic nitrogens is 3. The Morgan fingerprint density at radius 2 is 1.81 bits per heavy atom. The van der Waals surface area contributed by atoms with Gasteiger partial charge in [0.2, 0.25) is 10.0 Å². The Kier molecular flexibility index (Phi) is 7.47. The number of nitrogens with one attached hydrogen (secondary N) is 2. The van der Waals surface area contributed by atoms with Crippen LogP contribution in [0, 0.1) is 18.8 Å². The zero-order valence-corrected chi connectivity index (χ0v) is 21.3. The molecule has 4 rings (SSSR count).